The Morgan fingerprint density at radius 3 is 2.75 bits per heavy atom. The molecule has 1 aliphatic rings. The van der Waals surface area contributed by atoms with Gasteiger partial charge in [0.25, 0.3) is 0 Å². The second-order valence-corrected chi connectivity index (χ2v) is 5.06. The fourth-order valence-electron chi connectivity index (χ4n) is 3.08. The zero-order chi connectivity index (χ0) is 11.5. The van der Waals surface area contributed by atoms with E-state index >= 15 is 0 Å². The predicted octanol–water partition coefficient (Wildman–Crippen LogP) is 3.55. The molecule has 1 nitrogen and oxygen atoms in total. The van der Waals surface area contributed by atoms with Crippen molar-refractivity contribution >= 4 is 0 Å². The molecule has 1 fully saturated rings. The monoisotopic (exact) mass is 217 g/mol. The first-order chi connectivity index (χ1) is 7.72. The lowest BCUT2D eigenvalue weighted by Crippen LogP contribution is -2.31. The molecule has 0 radical (unpaired) electrons. The van der Waals surface area contributed by atoms with Crippen molar-refractivity contribution in [2.24, 2.45) is 0 Å². The summed E-state index contributed by atoms with van der Waals surface area (Å²) in [7, 11) is 0. The summed E-state index contributed by atoms with van der Waals surface area (Å²) < 4.78 is 0. The predicted molar refractivity (Wildman–Crippen MR) is 70.0 cm³/mol. The SMILES string of the molecule is CCNC1CCCC1c1ccc(C)cc1C. The molecular formula is C15H23N. The van der Waals surface area contributed by atoms with Gasteiger partial charge >= 0.3 is 0 Å². The molecule has 0 spiro atoms. The zero-order valence-electron chi connectivity index (χ0n) is 10.7. The van der Waals surface area contributed by atoms with Crippen LogP contribution in [0.4, 0.5) is 0 Å². The molecule has 1 aliphatic carbocycles. The minimum Gasteiger partial charge on any atom is -0.314 e. The number of nitrogens with one attached hydrogen (secondary N) is 1. The second-order valence-electron chi connectivity index (χ2n) is 5.06. The van der Waals surface area contributed by atoms with E-state index in [4.69, 9.17) is 0 Å². The van der Waals surface area contributed by atoms with Crippen LogP contribution in [0.25, 0.3) is 0 Å². The first kappa shape index (κ1) is 11.7. The lowest BCUT2D eigenvalue weighted by Gasteiger charge is -2.22. The van der Waals surface area contributed by atoms with Crippen molar-refractivity contribution in [1.29, 1.82) is 0 Å². The third-order valence-corrected chi connectivity index (χ3v) is 3.81. The van der Waals surface area contributed by atoms with Gasteiger partial charge in [0.15, 0.2) is 0 Å². The molecule has 2 rings (SSSR count). The molecule has 0 aromatic heterocycles. The van der Waals surface area contributed by atoms with E-state index in [1.54, 1.807) is 5.56 Å². The molecule has 0 saturated heterocycles. The lowest BCUT2D eigenvalue weighted by molar-refractivity contribution is 0.491. The van der Waals surface area contributed by atoms with E-state index in [9.17, 15) is 0 Å². The minimum atomic E-state index is 0.700. The summed E-state index contributed by atoms with van der Waals surface area (Å²) in [6, 6.07) is 7.61. The highest BCUT2D eigenvalue weighted by atomic mass is 14.9. The maximum absolute atomic E-state index is 3.63. The average Bonchev–Trinajstić information content (AvgIpc) is 2.67. The molecule has 1 saturated carbocycles. The smallest absolute Gasteiger partial charge is 0.0136 e. The van der Waals surface area contributed by atoms with Crippen molar-refractivity contribution in [1.82, 2.24) is 5.32 Å². The Hall–Kier alpha value is -0.820. The van der Waals surface area contributed by atoms with Crippen LogP contribution in [0.15, 0.2) is 18.2 Å². The lowest BCUT2D eigenvalue weighted by atomic mass is 9.90. The zero-order valence-corrected chi connectivity index (χ0v) is 10.7. The van der Waals surface area contributed by atoms with E-state index in [2.05, 4.69) is 44.3 Å². The number of benzene rings is 1. The highest BCUT2D eigenvalue weighted by Gasteiger charge is 2.28. The van der Waals surface area contributed by atoms with Crippen LogP contribution in [-0.2, 0) is 0 Å². The number of likely N-dealkylation sites (N-methyl/N-ethyl adjacent to an activating group) is 1. The van der Waals surface area contributed by atoms with Gasteiger partial charge in [-0.15, -0.1) is 0 Å². The van der Waals surface area contributed by atoms with Crippen LogP contribution in [0, 0.1) is 13.8 Å². The first-order valence-electron chi connectivity index (χ1n) is 6.53. The number of hydrogen-bond donors (Lipinski definition) is 1. The van der Waals surface area contributed by atoms with Crippen LogP contribution >= 0.6 is 0 Å². The minimum absolute atomic E-state index is 0.700. The Morgan fingerprint density at radius 1 is 1.25 bits per heavy atom. The van der Waals surface area contributed by atoms with Gasteiger partial charge in [0.2, 0.25) is 0 Å². The molecule has 0 aliphatic heterocycles. The van der Waals surface area contributed by atoms with Gasteiger partial charge in [0.05, 0.1) is 0 Å². The summed E-state index contributed by atoms with van der Waals surface area (Å²) in [5, 5.41) is 3.63. The van der Waals surface area contributed by atoms with Crippen molar-refractivity contribution in [3.63, 3.8) is 0 Å². The molecule has 0 bridgehead atoms. The maximum atomic E-state index is 3.63. The molecule has 16 heavy (non-hydrogen) atoms. The fourth-order valence-corrected chi connectivity index (χ4v) is 3.08. The van der Waals surface area contributed by atoms with E-state index in [0.717, 1.165) is 12.5 Å². The van der Waals surface area contributed by atoms with Gasteiger partial charge in [-0.25, -0.2) is 0 Å². The third kappa shape index (κ3) is 2.30. The van der Waals surface area contributed by atoms with Gasteiger partial charge in [-0.05, 0) is 50.3 Å². The van der Waals surface area contributed by atoms with Crippen molar-refractivity contribution < 1.29 is 0 Å². The average molecular weight is 217 g/mol. The molecule has 1 aromatic carbocycles. The maximum Gasteiger partial charge on any atom is 0.0136 e. The summed E-state index contributed by atoms with van der Waals surface area (Å²) in [6.07, 6.45) is 4.06. The van der Waals surface area contributed by atoms with E-state index in [1.807, 2.05) is 0 Å². The standard InChI is InChI=1S/C15H23N/c1-4-16-15-7-5-6-14(15)13-9-8-11(2)10-12(13)3/h8-10,14-16H,4-7H2,1-3H3. The normalized spacial score (nSPS) is 24.9. The molecule has 0 amide bonds. The number of hydrogen-bond acceptors (Lipinski definition) is 1. The molecule has 0 heterocycles. The highest BCUT2D eigenvalue weighted by Crippen LogP contribution is 2.36. The van der Waals surface area contributed by atoms with E-state index < -0.39 is 0 Å². The molecule has 1 N–H and O–H groups in total. The van der Waals surface area contributed by atoms with Gasteiger partial charge in [0, 0.05) is 6.04 Å². The Kier molecular flexibility index (Phi) is 3.65. The van der Waals surface area contributed by atoms with Gasteiger partial charge < -0.3 is 5.32 Å². The van der Waals surface area contributed by atoms with E-state index in [1.165, 1.54) is 30.4 Å². The first-order valence-corrected chi connectivity index (χ1v) is 6.53. The van der Waals surface area contributed by atoms with Crippen molar-refractivity contribution in [2.75, 3.05) is 6.54 Å². The summed E-state index contributed by atoms with van der Waals surface area (Å²) >= 11 is 0. The van der Waals surface area contributed by atoms with Crippen LogP contribution in [0.2, 0.25) is 0 Å². The highest BCUT2D eigenvalue weighted by molar-refractivity contribution is 5.34. The fraction of sp³-hybridized carbons (Fsp3) is 0.600. The van der Waals surface area contributed by atoms with Gasteiger partial charge in [-0.2, -0.15) is 0 Å². The van der Waals surface area contributed by atoms with Crippen LogP contribution < -0.4 is 5.32 Å². The topological polar surface area (TPSA) is 12.0 Å². The van der Waals surface area contributed by atoms with Crippen LogP contribution in [0.5, 0.6) is 0 Å². The van der Waals surface area contributed by atoms with Crippen LogP contribution in [-0.4, -0.2) is 12.6 Å². The van der Waals surface area contributed by atoms with E-state index in [-0.39, 0.29) is 0 Å². The Labute approximate surface area is 99.3 Å². The molecule has 88 valence electrons. The Bertz CT molecular complexity index is 356. The van der Waals surface area contributed by atoms with Gasteiger partial charge in [-0.3, -0.25) is 0 Å². The summed E-state index contributed by atoms with van der Waals surface area (Å²) in [5.41, 5.74) is 4.41. The largest absolute Gasteiger partial charge is 0.314 e. The molecule has 1 aromatic rings. The van der Waals surface area contributed by atoms with Gasteiger partial charge in [-0.1, -0.05) is 37.1 Å². The third-order valence-electron chi connectivity index (χ3n) is 3.81. The number of rotatable bonds is 3. The Morgan fingerprint density at radius 2 is 2.06 bits per heavy atom. The second kappa shape index (κ2) is 5.01. The summed E-state index contributed by atoms with van der Waals surface area (Å²) in [6.45, 7) is 7.72. The Balaban J connectivity index is 2.22. The van der Waals surface area contributed by atoms with Crippen molar-refractivity contribution in [3.05, 3.63) is 34.9 Å². The van der Waals surface area contributed by atoms with Crippen molar-refractivity contribution in [3.8, 4) is 0 Å². The van der Waals surface area contributed by atoms with Crippen LogP contribution in [0.3, 0.4) is 0 Å². The molecular weight excluding hydrogens is 194 g/mol. The quantitative estimate of drug-likeness (QED) is 0.816. The van der Waals surface area contributed by atoms with E-state index in [0.29, 0.717) is 6.04 Å². The van der Waals surface area contributed by atoms with Gasteiger partial charge in [0.1, 0.15) is 0 Å². The molecule has 2 atom stereocenters. The van der Waals surface area contributed by atoms with Crippen molar-refractivity contribution in [2.45, 2.75) is 52.0 Å². The summed E-state index contributed by atoms with van der Waals surface area (Å²) in [4.78, 5) is 0. The molecule has 1 heteroatoms. The summed E-state index contributed by atoms with van der Waals surface area (Å²) in [5.74, 6) is 0.737. The molecule has 2 unspecified atom stereocenters. The van der Waals surface area contributed by atoms with Crippen LogP contribution in [0.1, 0.15) is 48.8 Å². The number of aryl methyl sites for hydroxylation is 2.